The van der Waals surface area contributed by atoms with Gasteiger partial charge >= 0.3 is 6.18 Å². The molecule has 1 aromatic heterocycles. The molecule has 0 spiro atoms. The molecule has 0 fully saturated rings. The fraction of sp³-hybridized carbons (Fsp3) is 0.0909. The van der Waals surface area contributed by atoms with Gasteiger partial charge in [-0.3, -0.25) is 4.79 Å². The summed E-state index contributed by atoms with van der Waals surface area (Å²) < 4.78 is 38.5. The van der Waals surface area contributed by atoms with Gasteiger partial charge in [-0.25, -0.2) is 5.10 Å². The highest BCUT2D eigenvalue weighted by Gasteiger charge is 2.34. The predicted octanol–water partition coefficient (Wildman–Crippen LogP) is 3.22. The third-order valence-corrected chi connectivity index (χ3v) is 2.78. The molecule has 1 heterocycles. The van der Waals surface area contributed by atoms with Crippen LogP contribution in [0.25, 0.3) is 11.3 Å². The molecule has 0 atom stereocenters. The van der Waals surface area contributed by atoms with E-state index in [0.717, 1.165) is 10.5 Å². The van der Waals surface area contributed by atoms with E-state index in [1.807, 2.05) is 5.10 Å². The number of nitrogens with zero attached hydrogens (tertiary/aromatic N) is 1. The third-order valence-electron chi connectivity index (χ3n) is 2.25. The standard InChI is InChI=1S/C11H6BrF3N2O/c12-7-3-1-6(2-4-7)9-5-8(11(13,14)15)10(18)17-16-9/h1-5H,(H,17,18). The molecule has 2 rings (SSSR count). The lowest BCUT2D eigenvalue weighted by molar-refractivity contribution is -0.138. The minimum absolute atomic E-state index is 0.0643. The summed E-state index contributed by atoms with van der Waals surface area (Å²) >= 11 is 3.22. The van der Waals surface area contributed by atoms with Crippen LogP contribution >= 0.6 is 15.9 Å². The molecule has 0 aliphatic heterocycles. The molecule has 7 heteroatoms. The van der Waals surface area contributed by atoms with Crippen LogP contribution in [-0.4, -0.2) is 10.2 Å². The van der Waals surface area contributed by atoms with Gasteiger partial charge in [0.15, 0.2) is 0 Å². The average molecular weight is 319 g/mol. The molecule has 0 saturated carbocycles. The van der Waals surface area contributed by atoms with E-state index in [9.17, 15) is 18.0 Å². The van der Waals surface area contributed by atoms with E-state index in [-0.39, 0.29) is 5.69 Å². The Balaban J connectivity index is 2.54. The van der Waals surface area contributed by atoms with Gasteiger partial charge in [0.1, 0.15) is 5.56 Å². The SMILES string of the molecule is O=c1[nH]nc(-c2ccc(Br)cc2)cc1C(F)(F)F. The molecule has 0 radical (unpaired) electrons. The molecule has 0 aliphatic carbocycles. The molecule has 94 valence electrons. The highest BCUT2D eigenvalue weighted by atomic mass is 79.9. The number of halogens is 4. The van der Waals surface area contributed by atoms with Gasteiger partial charge in [-0.05, 0) is 18.2 Å². The Morgan fingerprint density at radius 3 is 2.33 bits per heavy atom. The molecule has 18 heavy (non-hydrogen) atoms. The number of nitrogens with one attached hydrogen (secondary N) is 1. The highest BCUT2D eigenvalue weighted by Crippen LogP contribution is 2.28. The van der Waals surface area contributed by atoms with Gasteiger partial charge in [0.05, 0.1) is 5.69 Å². The van der Waals surface area contributed by atoms with E-state index >= 15 is 0 Å². The molecule has 2 aromatic rings. The topological polar surface area (TPSA) is 45.8 Å². The van der Waals surface area contributed by atoms with Crippen LogP contribution in [0.5, 0.6) is 0 Å². The lowest BCUT2D eigenvalue weighted by Crippen LogP contribution is -2.22. The van der Waals surface area contributed by atoms with Crippen molar-refractivity contribution >= 4 is 15.9 Å². The van der Waals surface area contributed by atoms with E-state index in [4.69, 9.17) is 0 Å². The van der Waals surface area contributed by atoms with Crippen LogP contribution in [0, 0.1) is 0 Å². The molecule has 1 aromatic carbocycles. The van der Waals surface area contributed by atoms with Crippen LogP contribution in [0.1, 0.15) is 5.56 Å². The first-order valence-corrected chi connectivity index (χ1v) is 5.60. The first kappa shape index (κ1) is 12.8. The zero-order chi connectivity index (χ0) is 13.3. The number of H-pyrrole nitrogens is 1. The molecule has 3 nitrogen and oxygen atoms in total. The number of hydrogen-bond donors (Lipinski definition) is 1. The molecule has 0 unspecified atom stereocenters. The minimum atomic E-state index is -4.69. The van der Waals surface area contributed by atoms with Gasteiger partial charge in [0, 0.05) is 10.0 Å². The molecule has 0 bridgehead atoms. The van der Waals surface area contributed by atoms with Crippen LogP contribution in [0.2, 0.25) is 0 Å². The molecule has 0 saturated heterocycles. The fourth-order valence-corrected chi connectivity index (χ4v) is 1.65. The molecular formula is C11H6BrF3N2O. The molecule has 0 amide bonds. The molecule has 1 N–H and O–H groups in total. The van der Waals surface area contributed by atoms with Crippen LogP contribution in [0.15, 0.2) is 39.6 Å². The Bertz CT molecular complexity index is 619. The first-order chi connectivity index (χ1) is 8.38. The van der Waals surface area contributed by atoms with E-state index in [2.05, 4.69) is 21.0 Å². The van der Waals surface area contributed by atoms with Crippen molar-refractivity contribution in [3.05, 3.63) is 50.7 Å². The van der Waals surface area contributed by atoms with E-state index in [1.54, 1.807) is 24.3 Å². The van der Waals surface area contributed by atoms with Gasteiger partial charge in [0.2, 0.25) is 0 Å². The number of hydrogen-bond acceptors (Lipinski definition) is 2. The average Bonchev–Trinajstić information content (AvgIpc) is 2.29. The largest absolute Gasteiger partial charge is 0.421 e. The third kappa shape index (κ3) is 2.61. The van der Waals surface area contributed by atoms with E-state index in [1.165, 1.54) is 0 Å². The lowest BCUT2D eigenvalue weighted by Gasteiger charge is -2.07. The number of aromatic nitrogens is 2. The summed E-state index contributed by atoms with van der Waals surface area (Å²) in [6, 6.07) is 7.29. The van der Waals surface area contributed by atoms with Gasteiger partial charge in [0.25, 0.3) is 5.56 Å². The van der Waals surface area contributed by atoms with Crippen LogP contribution < -0.4 is 5.56 Å². The summed E-state index contributed by atoms with van der Waals surface area (Å²) in [6.07, 6.45) is -4.69. The van der Waals surface area contributed by atoms with Crippen molar-refractivity contribution in [3.63, 3.8) is 0 Å². The van der Waals surface area contributed by atoms with Gasteiger partial charge in [-0.1, -0.05) is 28.1 Å². The van der Waals surface area contributed by atoms with Gasteiger partial charge in [-0.2, -0.15) is 18.3 Å². The Hall–Kier alpha value is -1.63. The Labute approximate surface area is 108 Å². The second-order valence-electron chi connectivity index (χ2n) is 3.50. The summed E-state index contributed by atoms with van der Waals surface area (Å²) in [6.45, 7) is 0. The maximum absolute atomic E-state index is 12.6. The monoisotopic (exact) mass is 318 g/mol. The summed E-state index contributed by atoms with van der Waals surface area (Å²) in [5.41, 5.74) is -1.95. The first-order valence-electron chi connectivity index (χ1n) is 4.81. The van der Waals surface area contributed by atoms with Crippen molar-refractivity contribution in [2.24, 2.45) is 0 Å². The zero-order valence-electron chi connectivity index (χ0n) is 8.75. The predicted molar refractivity (Wildman–Crippen MR) is 63.0 cm³/mol. The lowest BCUT2D eigenvalue weighted by atomic mass is 10.1. The van der Waals surface area contributed by atoms with Crippen LogP contribution in [0.4, 0.5) is 13.2 Å². The normalized spacial score (nSPS) is 11.6. The maximum Gasteiger partial charge on any atom is 0.421 e. The van der Waals surface area contributed by atoms with E-state index in [0.29, 0.717) is 5.56 Å². The van der Waals surface area contributed by atoms with Crippen molar-refractivity contribution in [3.8, 4) is 11.3 Å². The Morgan fingerprint density at radius 1 is 1.17 bits per heavy atom. The summed E-state index contributed by atoms with van der Waals surface area (Å²) in [4.78, 5) is 11.1. The summed E-state index contributed by atoms with van der Waals surface area (Å²) in [5.74, 6) is 0. The van der Waals surface area contributed by atoms with Gasteiger partial charge < -0.3 is 0 Å². The summed E-state index contributed by atoms with van der Waals surface area (Å²) in [5, 5.41) is 5.45. The number of benzene rings is 1. The maximum atomic E-state index is 12.6. The van der Waals surface area contributed by atoms with Crippen molar-refractivity contribution < 1.29 is 13.2 Å². The highest BCUT2D eigenvalue weighted by molar-refractivity contribution is 9.10. The van der Waals surface area contributed by atoms with E-state index < -0.39 is 17.3 Å². The second-order valence-corrected chi connectivity index (χ2v) is 4.42. The zero-order valence-corrected chi connectivity index (χ0v) is 10.3. The minimum Gasteiger partial charge on any atom is -0.267 e. The summed E-state index contributed by atoms with van der Waals surface area (Å²) in [7, 11) is 0. The quantitative estimate of drug-likeness (QED) is 0.877. The number of alkyl halides is 3. The number of aromatic amines is 1. The molecular weight excluding hydrogens is 313 g/mol. The van der Waals surface area contributed by atoms with Crippen molar-refractivity contribution in [2.75, 3.05) is 0 Å². The van der Waals surface area contributed by atoms with Crippen LogP contribution in [0.3, 0.4) is 0 Å². The van der Waals surface area contributed by atoms with Gasteiger partial charge in [-0.15, -0.1) is 0 Å². The van der Waals surface area contributed by atoms with Crippen molar-refractivity contribution in [2.45, 2.75) is 6.18 Å². The van der Waals surface area contributed by atoms with Crippen LogP contribution in [-0.2, 0) is 6.18 Å². The smallest absolute Gasteiger partial charge is 0.267 e. The fourth-order valence-electron chi connectivity index (χ4n) is 1.38. The van der Waals surface area contributed by atoms with Crippen molar-refractivity contribution in [1.29, 1.82) is 0 Å². The Morgan fingerprint density at radius 2 is 1.78 bits per heavy atom. The Kier molecular flexibility index (Phi) is 3.25. The molecule has 0 aliphatic rings. The number of rotatable bonds is 1. The second kappa shape index (κ2) is 4.56. The van der Waals surface area contributed by atoms with Crippen molar-refractivity contribution in [1.82, 2.24) is 10.2 Å².